The van der Waals surface area contributed by atoms with Crippen LogP contribution in [0, 0.1) is 0 Å². The molecular weight excluding hydrogens is 284 g/mol. The maximum Gasteiger partial charge on any atom is 0.334 e. The van der Waals surface area contributed by atoms with Crippen molar-refractivity contribution < 1.29 is 19.1 Å². The van der Waals surface area contributed by atoms with E-state index in [2.05, 4.69) is 33.9 Å². The van der Waals surface area contributed by atoms with Gasteiger partial charge >= 0.3 is 5.97 Å². The second-order valence-electron chi connectivity index (χ2n) is 6.76. The van der Waals surface area contributed by atoms with Gasteiger partial charge in [-0.15, -0.1) is 0 Å². The molecule has 1 rings (SSSR count). The lowest BCUT2D eigenvalue weighted by atomic mass is 10.1. The molecule has 0 saturated heterocycles. The van der Waals surface area contributed by atoms with Gasteiger partial charge in [0.1, 0.15) is 11.9 Å². The van der Waals surface area contributed by atoms with E-state index in [4.69, 9.17) is 9.16 Å². The van der Waals surface area contributed by atoms with Gasteiger partial charge in [0, 0.05) is 6.42 Å². The molecule has 0 amide bonds. The van der Waals surface area contributed by atoms with Crippen LogP contribution in [0.25, 0.3) is 0 Å². The average Bonchev–Trinajstić information content (AvgIpc) is 2.38. The van der Waals surface area contributed by atoms with Gasteiger partial charge in [-0.25, -0.2) is 4.79 Å². The first-order chi connectivity index (χ1) is 9.56. The molecular formula is C16H26O4Si. The molecule has 0 heterocycles. The largest absolute Gasteiger partial charge is 0.508 e. The number of phenolic OH excluding ortho intramolecular Hbond substituents is 1. The fourth-order valence-electron chi connectivity index (χ4n) is 1.68. The summed E-state index contributed by atoms with van der Waals surface area (Å²) in [6, 6.07) is 6.80. The van der Waals surface area contributed by atoms with Crippen LogP contribution in [0.3, 0.4) is 0 Å². The average molecular weight is 310 g/mol. The van der Waals surface area contributed by atoms with E-state index >= 15 is 0 Å². The van der Waals surface area contributed by atoms with Crippen molar-refractivity contribution in [1.29, 1.82) is 0 Å². The quantitative estimate of drug-likeness (QED) is 0.668. The van der Waals surface area contributed by atoms with Crippen LogP contribution in [0.2, 0.25) is 18.1 Å². The molecule has 0 radical (unpaired) electrons. The minimum Gasteiger partial charge on any atom is -0.508 e. The maximum absolute atomic E-state index is 12.0. The minimum absolute atomic E-state index is 0.0221. The Balaban J connectivity index is 2.91. The predicted octanol–water partition coefficient (Wildman–Crippen LogP) is 3.50. The number of ether oxygens (including phenoxy) is 1. The predicted molar refractivity (Wildman–Crippen MR) is 85.9 cm³/mol. The zero-order valence-corrected chi connectivity index (χ0v) is 14.8. The van der Waals surface area contributed by atoms with Gasteiger partial charge in [-0.1, -0.05) is 32.9 Å². The normalized spacial score (nSPS) is 13.8. The second-order valence-corrected chi connectivity index (χ2v) is 11.5. The molecule has 0 fully saturated rings. The van der Waals surface area contributed by atoms with Crippen molar-refractivity contribution in [2.24, 2.45) is 0 Å². The molecule has 0 aliphatic heterocycles. The molecule has 4 nitrogen and oxygen atoms in total. The third-order valence-electron chi connectivity index (χ3n) is 4.06. The molecule has 1 N–H and O–H groups in total. The van der Waals surface area contributed by atoms with Gasteiger partial charge in [0.05, 0.1) is 7.11 Å². The van der Waals surface area contributed by atoms with Crippen LogP contribution in [0.15, 0.2) is 24.3 Å². The summed E-state index contributed by atoms with van der Waals surface area (Å²) in [6.07, 6.45) is -0.167. The summed E-state index contributed by atoms with van der Waals surface area (Å²) in [5.41, 5.74) is 0.932. The first kappa shape index (κ1) is 17.7. The molecule has 1 aromatic carbocycles. The molecule has 0 saturated carbocycles. The highest BCUT2D eigenvalue weighted by atomic mass is 28.4. The molecule has 1 atom stereocenters. The zero-order chi connectivity index (χ0) is 16.3. The summed E-state index contributed by atoms with van der Waals surface area (Å²) in [6.45, 7) is 10.6. The van der Waals surface area contributed by atoms with Crippen LogP contribution >= 0.6 is 0 Å². The summed E-state index contributed by atoms with van der Waals surface area (Å²) in [5.74, 6) is -0.147. The molecule has 0 aliphatic carbocycles. The molecule has 21 heavy (non-hydrogen) atoms. The number of benzene rings is 1. The Bertz CT molecular complexity index is 474. The number of phenols is 1. The van der Waals surface area contributed by atoms with Crippen LogP contribution in [0.4, 0.5) is 0 Å². The number of esters is 1. The Hall–Kier alpha value is -1.33. The number of rotatable bonds is 5. The molecule has 0 aromatic heterocycles. The number of carbonyl (C=O) groups is 1. The number of methoxy groups -OCH3 is 1. The van der Waals surface area contributed by atoms with Gasteiger partial charge < -0.3 is 14.3 Å². The van der Waals surface area contributed by atoms with E-state index in [1.165, 1.54) is 7.11 Å². The van der Waals surface area contributed by atoms with Gasteiger partial charge in [-0.05, 0) is 35.8 Å². The summed E-state index contributed by atoms with van der Waals surface area (Å²) < 4.78 is 11.1. The standard InChI is InChI=1S/C16H26O4Si/c1-16(2,3)21(5,6)20-14(15(18)19-4)11-12-7-9-13(17)10-8-12/h7-10,14,17H,11H2,1-6H3/t14-/m0/s1. The van der Waals surface area contributed by atoms with Crippen molar-refractivity contribution in [3.05, 3.63) is 29.8 Å². The van der Waals surface area contributed by atoms with Gasteiger partial charge in [0.25, 0.3) is 0 Å². The third kappa shape index (κ3) is 4.86. The van der Waals surface area contributed by atoms with Crippen molar-refractivity contribution >= 4 is 14.3 Å². The molecule has 5 heteroatoms. The van der Waals surface area contributed by atoms with Crippen LogP contribution in [0.1, 0.15) is 26.3 Å². The highest BCUT2D eigenvalue weighted by molar-refractivity contribution is 6.74. The Morgan fingerprint density at radius 1 is 1.24 bits per heavy atom. The Morgan fingerprint density at radius 2 is 1.76 bits per heavy atom. The molecule has 118 valence electrons. The van der Waals surface area contributed by atoms with E-state index in [0.717, 1.165) is 5.56 Å². The molecule has 0 unspecified atom stereocenters. The summed E-state index contributed by atoms with van der Waals surface area (Å²) in [4.78, 5) is 12.0. The van der Waals surface area contributed by atoms with E-state index in [0.29, 0.717) is 6.42 Å². The molecule has 1 aromatic rings. The fourth-order valence-corrected chi connectivity index (χ4v) is 2.93. The van der Waals surface area contributed by atoms with Gasteiger partial charge in [-0.3, -0.25) is 0 Å². The summed E-state index contributed by atoms with van der Waals surface area (Å²) >= 11 is 0. The SMILES string of the molecule is COC(=O)[C@H](Cc1ccc(O)cc1)O[Si](C)(C)C(C)(C)C. The zero-order valence-electron chi connectivity index (χ0n) is 13.8. The van der Waals surface area contributed by atoms with E-state index in [1.807, 2.05) is 0 Å². The molecule has 0 spiro atoms. The lowest BCUT2D eigenvalue weighted by Gasteiger charge is -2.38. The highest BCUT2D eigenvalue weighted by Gasteiger charge is 2.41. The van der Waals surface area contributed by atoms with Crippen molar-refractivity contribution in [2.45, 2.75) is 51.4 Å². The van der Waals surface area contributed by atoms with Crippen LogP contribution in [-0.4, -0.2) is 32.6 Å². The van der Waals surface area contributed by atoms with E-state index < -0.39 is 14.4 Å². The first-order valence-corrected chi connectivity index (χ1v) is 10.0. The van der Waals surface area contributed by atoms with Crippen molar-refractivity contribution in [2.75, 3.05) is 7.11 Å². The minimum atomic E-state index is -2.06. The van der Waals surface area contributed by atoms with E-state index in [1.54, 1.807) is 24.3 Å². The lowest BCUT2D eigenvalue weighted by molar-refractivity contribution is -0.149. The van der Waals surface area contributed by atoms with Gasteiger partial charge in [0.2, 0.25) is 0 Å². The van der Waals surface area contributed by atoms with Crippen molar-refractivity contribution in [1.82, 2.24) is 0 Å². The van der Waals surface area contributed by atoms with Crippen molar-refractivity contribution in [3.63, 3.8) is 0 Å². The summed E-state index contributed by atoms with van der Waals surface area (Å²) in [5, 5.41) is 9.35. The number of aromatic hydroxyl groups is 1. The lowest BCUT2D eigenvalue weighted by Crippen LogP contribution is -2.47. The Labute approximate surface area is 128 Å². The fraction of sp³-hybridized carbons (Fsp3) is 0.562. The van der Waals surface area contributed by atoms with Crippen LogP contribution in [0.5, 0.6) is 5.75 Å². The highest BCUT2D eigenvalue weighted by Crippen LogP contribution is 2.37. The van der Waals surface area contributed by atoms with E-state index in [-0.39, 0.29) is 16.8 Å². The van der Waals surface area contributed by atoms with Crippen LogP contribution < -0.4 is 0 Å². The number of carbonyl (C=O) groups excluding carboxylic acids is 1. The van der Waals surface area contributed by atoms with Gasteiger partial charge in [-0.2, -0.15) is 0 Å². The third-order valence-corrected chi connectivity index (χ3v) is 8.55. The first-order valence-electron chi connectivity index (χ1n) is 7.10. The van der Waals surface area contributed by atoms with Gasteiger partial charge in [0.15, 0.2) is 8.32 Å². The van der Waals surface area contributed by atoms with E-state index in [9.17, 15) is 9.90 Å². The number of hydrogen-bond acceptors (Lipinski definition) is 4. The number of hydrogen-bond donors (Lipinski definition) is 1. The molecule has 0 aliphatic rings. The van der Waals surface area contributed by atoms with Crippen LogP contribution in [-0.2, 0) is 20.4 Å². The molecule has 0 bridgehead atoms. The smallest absolute Gasteiger partial charge is 0.334 e. The second kappa shape index (κ2) is 6.62. The Morgan fingerprint density at radius 3 is 2.19 bits per heavy atom. The topological polar surface area (TPSA) is 55.8 Å². The maximum atomic E-state index is 12.0. The van der Waals surface area contributed by atoms with Crippen molar-refractivity contribution in [3.8, 4) is 5.75 Å². The monoisotopic (exact) mass is 310 g/mol. The Kier molecular flexibility index (Phi) is 5.59. The summed E-state index contributed by atoms with van der Waals surface area (Å²) in [7, 11) is -0.686.